The van der Waals surface area contributed by atoms with Gasteiger partial charge in [-0.3, -0.25) is 0 Å². The number of hydrogen-bond acceptors (Lipinski definition) is 1. The van der Waals surface area contributed by atoms with Gasteiger partial charge in [0.2, 0.25) is 0 Å². The molecule has 0 radical (unpaired) electrons. The first kappa shape index (κ1) is 10.9. The van der Waals surface area contributed by atoms with E-state index in [2.05, 4.69) is 28.1 Å². The number of rotatable bonds is 5. The molecule has 0 heterocycles. The summed E-state index contributed by atoms with van der Waals surface area (Å²) in [4.78, 5) is 0. The summed E-state index contributed by atoms with van der Waals surface area (Å²) < 4.78 is 6.16. The van der Waals surface area contributed by atoms with Gasteiger partial charge < -0.3 is 9.22 Å². The summed E-state index contributed by atoms with van der Waals surface area (Å²) in [7, 11) is 8.44. The van der Waals surface area contributed by atoms with Crippen LogP contribution in [0.5, 0.6) is 0 Å². The highest BCUT2D eigenvalue weighted by Crippen LogP contribution is 2.07. The molecular formula is C9H22NO+. The lowest BCUT2D eigenvalue weighted by Crippen LogP contribution is -2.40. The molecule has 1 atom stereocenters. The Morgan fingerprint density at radius 3 is 2.09 bits per heavy atom. The Bertz CT molecular complexity index is 96.2. The summed E-state index contributed by atoms with van der Waals surface area (Å²) in [6, 6.07) is 0. The quantitative estimate of drug-likeness (QED) is 0.552. The fourth-order valence-corrected chi connectivity index (χ4v) is 1.31. The molecule has 0 saturated carbocycles. The first-order valence-electron chi connectivity index (χ1n) is 4.29. The maximum atomic E-state index is 5.13. The Hall–Kier alpha value is -0.0800. The van der Waals surface area contributed by atoms with Crippen LogP contribution in [0.15, 0.2) is 0 Å². The molecule has 0 aliphatic rings. The van der Waals surface area contributed by atoms with E-state index in [1.165, 1.54) is 13.0 Å². The summed E-state index contributed by atoms with van der Waals surface area (Å²) in [6.07, 6.45) is 1.21. The average Bonchev–Trinajstić information content (AvgIpc) is 1.84. The second-order valence-electron chi connectivity index (χ2n) is 4.20. The van der Waals surface area contributed by atoms with E-state index >= 15 is 0 Å². The normalized spacial score (nSPS) is 15.0. The molecule has 0 aromatic rings. The van der Waals surface area contributed by atoms with Crippen LogP contribution in [0.1, 0.15) is 13.3 Å². The lowest BCUT2D eigenvalue weighted by Gasteiger charge is -2.28. The minimum absolute atomic E-state index is 0.708. The Kier molecular flexibility index (Phi) is 4.69. The van der Waals surface area contributed by atoms with Crippen molar-refractivity contribution in [3.63, 3.8) is 0 Å². The number of ether oxygens (including phenoxy) is 1. The van der Waals surface area contributed by atoms with Crippen molar-refractivity contribution in [1.29, 1.82) is 0 Å². The third-order valence-corrected chi connectivity index (χ3v) is 1.79. The van der Waals surface area contributed by atoms with Crippen LogP contribution in [0.3, 0.4) is 0 Å². The zero-order valence-electron chi connectivity index (χ0n) is 8.55. The SMILES string of the molecule is CCC(COC)C[N+](C)(C)C. The molecule has 0 bridgehead atoms. The molecule has 2 nitrogen and oxygen atoms in total. The van der Waals surface area contributed by atoms with Gasteiger partial charge in [-0.15, -0.1) is 0 Å². The summed E-state index contributed by atoms with van der Waals surface area (Å²) in [6.45, 7) is 4.32. The Labute approximate surface area is 70.7 Å². The van der Waals surface area contributed by atoms with Crippen molar-refractivity contribution in [2.24, 2.45) is 5.92 Å². The van der Waals surface area contributed by atoms with Crippen LogP contribution >= 0.6 is 0 Å². The maximum Gasteiger partial charge on any atom is 0.0831 e. The van der Waals surface area contributed by atoms with Crippen LogP contribution in [0.25, 0.3) is 0 Å². The van der Waals surface area contributed by atoms with Crippen LogP contribution in [0.4, 0.5) is 0 Å². The van der Waals surface area contributed by atoms with Crippen LogP contribution in [-0.4, -0.2) is 45.9 Å². The molecule has 0 fully saturated rings. The third-order valence-electron chi connectivity index (χ3n) is 1.79. The first-order chi connectivity index (χ1) is 4.99. The van der Waals surface area contributed by atoms with E-state index in [-0.39, 0.29) is 0 Å². The van der Waals surface area contributed by atoms with Gasteiger partial charge in [-0.1, -0.05) is 6.92 Å². The summed E-state index contributed by atoms with van der Waals surface area (Å²) in [5, 5.41) is 0. The molecule has 0 aromatic carbocycles. The number of hydrogen-bond donors (Lipinski definition) is 0. The van der Waals surface area contributed by atoms with Gasteiger partial charge in [0.15, 0.2) is 0 Å². The van der Waals surface area contributed by atoms with E-state index in [1.807, 2.05) is 0 Å². The summed E-state index contributed by atoms with van der Waals surface area (Å²) in [5.74, 6) is 0.708. The van der Waals surface area contributed by atoms with Crippen molar-refractivity contribution >= 4 is 0 Å². The first-order valence-corrected chi connectivity index (χ1v) is 4.29. The van der Waals surface area contributed by atoms with Crippen molar-refractivity contribution < 1.29 is 9.22 Å². The highest BCUT2D eigenvalue weighted by Gasteiger charge is 2.15. The minimum atomic E-state index is 0.708. The van der Waals surface area contributed by atoms with Crippen molar-refractivity contribution in [1.82, 2.24) is 0 Å². The molecule has 0 spiro atoms. The molecule has 68 valence electrons. The number of methoxy groups -OCH3 is 1. The van der Waals surface area contributed by atoms with Crippen molar-refractivity contribution in [2.45, 2.75) is 13.3 Å². The van der Waals surface area contributed by atoms with Gasteiger partial charge in [-0.25, -0.2) is 0 Å². The van der Waals surface area contributed by atoms with Gasteiger partial charge in [0.25, 0.3) is 0 Å². The Balaban J connectivity index is 3.68. The van der Waals surface area contributed by atoms with Gasteiger partial charge in [0.05, 0.1) is 34.3 Å². The second-order valence-corrected chi connectivity index (χ2v) is 4.20. The standard InChI is InChI=1S/C9H22NO/c1-6-9(8-11-5)7-10(2,3)4/h9H,6-8H2,1-5H3/q+1. The van der Waals surface area contributed by atoms with Crippen LogP contribution in [-0.2, 0) is 4.74 Å². The number of quaternary nitrogens is 1. The van der Waals surface area contributed by atoms with Crippen molar-refractivity contribution in [3.05, 3.63) is 0 Å². The molecule has 1 unspecified atom stereocenters. The maximum absolute atomic E-state index is 5.13. The average molecular weight is 160 g/mol. The van der Waals surface area contributed by atoms with E-state index in [9.17, 15) is 0 Å². The van der Waals surface area contributed by atoms with Gasteiger partial charge in [-0.05, 0) is 6.42 Å². The highest BCUT2D eigenvalue weighted by molar-refractivity contribution is 4.53. The zero-order valence-corrected chi connectivity index (χ0v) is 8.55. The predicted molar refractivity (Wildman–Crippen MR) is 48.6 cm³/mol. The predicted octanol–water partition coefficient (Wildman–Crippen LogP) is 1.37. The highest BCUT2D eigenvalue weighted by atomic mass is 16.5. The summed E-state index contributed by atoms with van der Waals surface area (Å²) >= 11 is 0. The molecule has 2 heteroatoms. The molecule has 0 amide bonds. The third kappa shape index (κ3) is 6.32. The van der Waals surface area contributed by atoms with Crippen molar-refractivity contribution in [3.8, 4) is 0 Å². The lowest BCUT2D eigenvalue weighted by molar-refractivity contribution is -0.874. The van der Waals surface area contributed by atoms with E-state index < -0.39 is 0 Å². The van der Waals surface area contributed by atoms with Crippen LogP contribution in [0, 0.1) is 5.92 Å². The Morgan fingerprint density at radius 1 is 1.27 bits per heavy atom. The minimum Gasteiger partial charge on any atom is -0.384 e. The molecule has 0 rings (SSSR count). The van der Waals surface area contributed by atoms with E-state index in [4.69, 9.17) is 4.74 Å². The van der Waals surface area contributed by atoms with Gasteiger partial charge in [0, 0.05) is 13.0 Å². The van der Waals surface area contributed by atoms with Gasteiger partial charge in [-0.2, -0.15) is 0 Å². The van der Waals surface area contributed by atoms with Gasteiger partial charge in [0.1, 0.15) is 0 Å². The lowest BCUT2D eigenvalue weighted by atomic mass is 10.1. The topological polar surface area (TPSA) is 9.23 Å². The fraction of sp³-hybridized carbons (Fsp3) is 1.00. The van der Waals surface area contributed by atoms with E-state index in [0.717, 1.165) is 11.1 Å². The number of nitrogens with zero attached hydrogens (tertiary/aromatic N) is 1. The second kappa shape index (κ2) is 4.73. The van der Waals surface area contributed by atoms with E-state index in [0.29, 0.717) is 5.92 Å². The van der Waals surface area contributed by atoms with Crippen molar-refractivity contribution in [2.75, 3.05) is 41.4 Å². The smallest absolute Gasteiger partial charge is 0.0831 e. The molecule has 0 saturated heterocycles. The van der Waals surface area contributed by atoms with Crippen LogP contribution < -0.4 is 0 Å². The molecule has 11 heavy (non-hydrogen) atoms. The molecular weight excluding hydrogens is 138 g/mol. The van der Waals surface area contributed by atoms with Gasteiger partial charge >= 0.3 is 0 Å². The molecule has 0 N–H and O–H groups in total. The fourth-order valence-electron chi connectivity index (χ4n) is 1.31. The molecule has 0 aliphatic heterocycles. The Morgan fingerprint density at radius 2 is 1.82 bits per heavy atom. The largest absolute Gasteiger partial charge is 0.384 e. The zero-order chi connectivity index (χ0) is 8.91. The monoisotopic (exact) mass is 160 g/mol. The molecule has 0 aliphatic carbocycles. The van der Waals surface area contributed by atoms with Crippen LogP contribution in [0.2, 0.25) is 0 Å². The summed E-state index contributed by atoms with van der Waals surface area (Å²) in [5.41, 5.74) is 0. The van der Waals surface area contributed by atoms with E-state index in [1.54, 1.807) is 7.11 Å². The molecule has 0 aromatic heterocycles.